The van der Waals surface area contributed by atoms with E-state index in [9.17, 15) is 18.3 Å². The maximum absolute atomic E-state index is 13.7. The third-order valence-corrected chi connectivity index (χ3v) is 9.32. The summed E-state index contributed by atoms with van der Waals surface area (Å²) in [5.74, 6) is 4.95. The Bertz CT molecular complexity index is 1220. The molecule has 8 nitrogen and oxygen atoms in total. The average Bonchev–Trinajstić information content (AvgIpc) is 2.90. The van der Waals surface area contributed by atoms with Crippen LogP contribution >= 0.6 is 15.9 Å². The molecular formula is C27H31BrN2O6S. The first kappa shape index (κ1) is 27.6. The van der Waals surface area contributed by atoms with Gasteiger partial charge in [0.15, 0.2) is 9.84 Å². The molecule has 0 aromatic heterocycles. The Morgan fingerprint density at radius 2 is 1.76 bits per heavy atom. The predicted octanol–water partition coefficient (Wildman–Crippen LogP) is 3.26. The molecule has 2 fully saturated rings. The van der Waals surface area contributed by atoms with Crippen LogP contribution < -0.4 is 4.74 Å². The fourth-order valence-electron chi connectivity index (χ4n) is 4.51. The summed E-state index contributed by atoms with van der Waals surface area (Å²) in [5, 5.41) is 8.65. The lowest BCUT2D eigenvalue weighted by Gasteiger charge is -2.37. The number of carbonyl (C=O) groups is 1. The highest BCUT2D eigenvalue weighted by Crippen LogP contribution is 2.32. The number of benzene rings is 2. The van der Waals surface area contributed by atoms with Crippen molar-refractivity contribution in [3.05, 3.63) is 58.6 Å². The maximum atomic E-state index is 13.7. The largest absolute Gasteiger partial charge is 0.481 e. The molecule has 2 heterocycles. The van der Waals surface area contributed by atoms with Gasteiger partial charge in [-0.25, -0.2) is 8.42 Å². The molecule has 0 saturated carbocycles. The van der Waals surface area contributed by atoms with Crippen molar-refractivity contribution in [1.29, 1.82) is 0 Å². The molecule has 1 N–H and O–H groups in total. The van der Waals surface area contributed by atoms with Gasteiger partial charge in [-0.2, -0.15) is 0 Å². The number of rotatable bonds is 8. The molecule has 2 saturated heterocycles. The van der Waals surface area contributed by atoms with Crippen molar-refractivity contribution in [2.24, 2.45) is 5.92 Å². The predicted molar refractivity (Wildman–Crippen MR) is 143 cm³/mol. The Balaban J connectivity index is 1.41. The molecule has 2 unspecified atom stereocenters. The van der Waals surface area contributed by atoms with Gasteiger partial charge in [0.2, 0.25) is 0 Å². The normalized spacial score (nSPS) is 21.1. The second-order valence-corrected chi connectivity index (χ2v) is 12.2. The number of likely N-dealkylation sites (tertiary alicyclic amines) is 1. The average molecular weight is 592 g/mol. The summed E-state index contributed by atoms with van der Waals surface area (Å²) in [6, 6.07) is 14.0. The molecule has 0 bridgehead atoms. The van der Waals surface area contributed by atoms with Gasteiger partial charge in [-0.1, -0.05) is 39.9 Å². The van der Waals surface area contributed by atoms with Crippen LogP contribution in [0.25, 0.3) is 0 Å². The molecule has 2 aliphatic rings. The van der Waals surface area contributed by atoms with E-state index >= 15 is 0 Å². The maximum Gasteiger partial charge on any atom is 0.306 e. The smallest absolute Gasteiger partial charge is 0.306 e. The fourth-order valence-corrected chi connectivity index (χ4v) is 6.66. The molecule has 0 spiro atoms. The summed E-state index contributed by atoms with van der Waals surface area (Å²) >= 11 is 3.42. The monoisotopic (exact) mass is 590 g/mol. The molecule has 0 amide bonds. The van der Waals surface area contributed by atoms with E-state index in [2.05, 4.69) is 32.7 Å². The minimum absolute atomic E-state index is 0.0468. The number of carboxylic acid groups (broad SMARTS) is 1. The summed E-state index contributed by atoms with van der Waals surface area (Å²) in [4.78, 5) is 15.9. The van der Waals surface area contributed by atoms with Crippen LogP contribution in [0.15, 0.2) is 57.9 Å². The zero-order valence-electron chi connectivity index (χ0n) is 20.5. The molecule has 2 atom stereocenters. The number of piperidine rings is 1. The Morgan fingerprint density at radius 3 is 2.43 bits per heavy atom. The van der Waals surface area contributed by atoms with E-state index in [4.69, 9.17) is 9.47 Å². The number of morpholine rings is 1. The van der Waals surface area contributed by atoms with E-state index in [0.29, 0.717) is 31.8 Å². The van der Waals surface area contributed by atoms with Crippen LogP contribution in [0, 0.1) is 17.8 Å². The van der Waals surface area contributed by atoms with Gasteiger partial charge in [-0.05, 0) is 54.8 Å². The number of aliphatic carboxylic acids is 1. The van der Waals surface area contributed by atoms with Gasteiger partial charge in [0, 0.05) is 30.7 Å². The van der Waals surface area contributed by atoms with Crippen LogP contribution in [0.5, 0.6) is 5.75 Å². The van der Waals surface area contributed by atoms with Crippen LogP contribution in [-0.4, -0.2) is 80.7 Å². The Morgan fingerprint density at radius 1 is 1.05 bits per heavy atom. The summed E-state index contributed by atoms with van der Waals surface area (Å²) in [6.45, 7) is 4.90. The van der Waals surface area contributed by atoms with Crippen LogP contribution in [0.2, 0.25) is 0 Å². The first-order valence-corrected chi connectivity index (χ1v) is 14.6. The highest BCUT2D eigenvalue weighted by Gasteiger charge is 2.40. The van der Waals surface area contributed by atoms with Gasteiger partial charge in [-0.15, -0.1) is 0 Å². The molecule has 0 aliphatic carbocycles. The first-order chi connectivity index (χ1) is 17.8. The Labute approximate surface area is 226 Å². The van der Waals surface area contributed by atoms with Crippen molar-refractivity contribution >= 4 is 31.7 Å². The topological polar surface area (TPSA) is 96.4 Å². The van der Waals surface area contributed by atoms with Gasteiger partial charge < -0.3 is 14.6 Å². The molecule has 10 heteroatoms. The number of hydrogen-bond donors (Lipinski definition) is 1. The van der Waals surface area contributed by atoms with Crippen molar-refractivity contribution in [3.63, 3.8) is 0 Å². The number of carboxylic acids is 1. The lowest BCUT2D eigenvalue weighted by Crippen LogP contribution is -2.47. The molecule has 4 rings (SSSR count). The van der Waals surface area contributed by atoms with Crippen molar-refractivity contribution in [1.82, 2.24) is 9.80 Å². The zero-order chi connectivity index (χ0) is 26.3. The number of hydrogen-bond acceptors (Lipinski definition) is 7. The van der Waals surface area contributed by atoms with E-state index in [1.807, 2.05) is 29.2 Å². The molecule has 0 radical (unpaired) electrons. The summed E-state index contributed by atoms with van der Waals surface area (Å²) in [5.41, 5.74) is 0.968. The molecule has 37 heavy (non-hydrogen) atoms. The number of sulfone groups is 1. The van der Waals surface area contributed by atoms with Gasteiger partial charge in [-0.3, -0.25) is 14.6 Å². The highest BCUT2D eigenvalue weighted by molar-refractivity contribution is 9.10. The van der Waals surface area contributed by atoms with Gasteiger partial charge in [0.25, 0.3) is 0 Å². The summed E-state index contributed by atoms with van der Waals surface area (Å²) in [6.07, 6.45) is 0.461. The second-order valence-electron chi connectivity index (χ2n) is 9.16. The molecule has 2 aromatic carbocycles. The number of ether oxygens (including phenoxy) is 2. The van der Waals surface area contributed by atoms with E-state index in [1.54, 1.807) is 12.1 Å². The Hall–Kier alpha value is -2.42. The van der Waals surface area contributed by atoms with E-state index in [-0.39, 0.29) is 17.9 Å². The Kier molecular flexibility index (Phi) is 9.62. The second kappa shape index (κ2) is 12.9. The molecular weight excluding hydrogens is 560 g/mol. The van der Waals surface area contributed by atoms with Crippen LogP contribution in [0.4, 0.5) is 0 Å². The summed E-state index contributed by atoms with van der Waals surface area (Å²) in [7, 11) is -3.81. The number of nitrogens with zero attached hydrogens (tertiary/aromatic N) is 2. The van der Waals surface area contributed by atoms with E-state index < -0.39 is 27.1 Å². The molecule has 2 aliphatic heterocycles. The lowest BCUT2D eigenvalue weighted by atomic mass is 9.96. The van der Waals surface area contributed by atoms with E-state index in [1.165, 1.54) is 12.1 Å². The zero-order valence-corrected chi connectivity index (χ0v) is 22.9. The van der Waals surface area contributed by atoms with Crippen molar-refractivity contribution in [2.45, 2.75) is 29.7 Å². The van der Waals surface area contributed by atoms with Gasteiger partial charge in [0.1, 0.15) is 17.7 Å². The van der Waals surface area contributed by atoms with Crippen molar-refractivity contribution < 1.29 is 27.8 Å². The third-order valence-electron chi connectivity index (χ3n) is 6.66. The lowest BCUT2D eigenvalue weighted by molar-refractivity contribution is -0.143. The highest BCUT2D eigenvalue weighted by atomic mass is 79.9. The number of halogens is 1. The van der Waals surface area contributed by atoms with Crippen LogP contribution in [-0.2, 0) is 25.9 Å². The minimum atomic E-state index is -3.81. The van der Waals surface area contributed by atoms with Crippen LogP contribution in [0.3, 0.4) is 0 Å². The SMILES string of the molecule is O=C(O)C1CCN(Cc2ccc(Br)cc2)C(S(=O)(=O)c2ccc(OCC#CCN3CCOCC3)cc2)C1. The van der Waals surface area contributed by atoms with Crippen molar-refractivity contribution in [3.8, 4) is 17.6 Å². The molecule has 2 aromatic rings. The van der Waals surface area contributed by atoms with E-state index in [0.717, 1.165) is 36.3 Å². The quantitative estimate of drug-likeness (QED) is 0.468. The third kappa shape index (κ3) is 7.55. The van der Waals surface area contributed by atoms with Gasteiger partial charge in [0.05, 0.1) is 30.6 Å². The standard InChI is InChI=1S/C27H31BrN2O6S/c28-23-5-3-21(4-6-23)20-30-13-11-22(27(31)32)19-26(30)37(33,34)25-9-7-24(8-10-25)36-16-2-1-12-29-14-17-35-18-15-29/h3-10,22,26H,11-20H2,(H,31,32). The minimum Gasteiger partial charge on any atom is -0.481 e. The first-order valence-electron chi connectivity index (χ1n) is 12.3. The van der Waals surface area contributed by atoms with Crippen LogP contribution in [0.1, 0.15) is 18.4 Å². The van der Waals surface area contributed by atoms with Crippen molar-refractivity contribution in [2.75, 3.05) is 46.0 Å². The van der Waals surface area contributed by atoms with Gasteiger partial charge >= 0.3 is 5.97 Å². The molecule has 198 valence electrons. The summed E-state index contributed by atoms with van der Waals surface area (Å²) < 4.78 is 39.2. The fraction of sp³-hybridized carbons (Fsp3) is 0.444.